The van der Waals surface area contributed by atoms with Crippen LogP contribution in [0.2, 0.25) is 0 Å². The Balaban J connectivity index is 0.000000246. The van der Waals surface area contributed by atoms with Gasteiger partial charge in [-0.25, -0.2) is 32.5 Å². The molecule has 0 N–H and O–H groups in total. The number of halogens is 4. The lowest BCUT2D eigenvalue weighted by Gasteiger charge is -2.04. The fraction of sp³-hybridized carbons (Fsp3) is 0. The fourth-order valence-electron chi connectivity index (χ4n) is 4.07. The van der Waals surface area contributed by atoms with Crippen LogP contribution in [0, 0.1) is 122 Å². The summed E-state index contributed by atoms with van der Waals surface area (Å²) < 4.78 is 54.5. The third-order valence-electron chi connectivity index (χ3n) is 6.15. The molecule has 50 heavy (non-hydrogen) atoms. The van der Waals surface area contributed by atoms with Crippen LogP contribution in [0.25, 0.3) is 58.8 Å². The summed E-state index contributed by atoms with van der Waals surface area (Å²) in [6.45, 7) is 21.7. The molecule has 0 radical (unpaired) electrons. The predicted octanol–water partition coefficient (Wildman–Crippen LogP) is 3.42. The van der Waals surface area contributed by atoms with E-state index in [1.165, 1.54) is 0 Å². The van der Waals surface area contributed by atoms with E-state index in [1.807, 2.05) is 0 Å². The fourth-order valence-corrected chi connectivity index (χ4v) is 4.07. The highest BCUT2D eigenvalue weighted by Gasteiger charge is 2.28. The number of hydrogen-bond acceptors (Lipinski definition) is 13. The van der Waals surface area contributed by atoms with Gasteiger partial charge in [0, 0.05) is 0 Å². The van der Waals surface area contributed by atoms with Crippen LogP contribution in [0.15, 0.2) is 0 Å². The van der Waals surface area contributed by atoms with E-state index in [1.54, 1.807) is 18.2 Å². The molecule has 0 aliphatic rings. The molecule has 0 spiro atoms. The standard InChI is InChI=1S/C18N12.C12F4N4/c1-22-16-9(6-21)27-12-10-11(26-8(5-20)7(4-19)25-10)14-15(13(12)28-16)30-18(24-3)17(23-2)29-14;13-9-7(5(1-17)2-18)10(14)12(16)8(11(9)15)6(3-19)4-20. The zero-order valence-electron chi connectivity index (χ0n) is 23.7. The molecule has 3 aromatic heterocycles. The molecule has 0 aliphatic heterocycles. The number of nitrogens with zero attached hydrogens (tertiary/aromatic N) is 16. The molecule has 0 aliphatic carbocycles. The van der Waals surface area contributed by atoms with E-state index >= 15 is 0 Å². The van der Waals surface area contributed by atoms with E-state index in [-0.39, 0.29) is 67.6 Å². The zero-order valence-corrected chi connectivity index (χ0v) is 23.7. The summed E-state index contributed by atoms with van der Waals surface area (Å²) in [5.41, 5.74) is -3.22. The maximum Gasteiger partial charge on any atom is 0.307 e. The molecule has 228 valence electrons. The summed E-state index contributed by atoms with van der Waals surface area (Å²) in [5.74, 6) is -9.00. The Labute approximate surface area is 273 Å². The van der Waals surface area contributed by atoms with Gasteiger partial charge in [0.15, 0.2) is 40.4 Å². The van der Waals surface area contributed by atoms with E-state index < -0.39 is 44.9 Å². The molecule has 5 aromatic rings. The first-order valence-corrected chi connectivity index (χ1v) is 12.3. The second-order valence-corrected chi connectivity index (χ2v) is 8.65. The molecule has 0 atom stereocenters. The van der Waals surface area contributed by atoms with Crippen LogP contribution in [0.4, 0.5) is 35.0 Å². The van der Waals surface area contributed by atoms with Gasteiger partial charge in [-0.05, 0) is 0 Å². The van der Waals surface area contributed by atoms with Crippen LogP contribution >= 0.6 is 0 Å². The number of nitriles is 7. The summed E-state index contributed by atoms with van der Waals surface area (Å²) in [6.07, 6.45) is 0. The van der Waals surface area contributed by atoms with Crippen LogP contribution in [-0.2, 0) is 0 Å². The summed E-state index contributed by atoms with van der Waals surface area (Å²) in [6, 6.07) is 9.63. The summed E-state index contributed by atoms with van der Waals surface area (Å²) in [4.78, 5) is 34.4. The van der Waals surface area contributed by atoms with Gasteiger partial charge in [-0.3, -0.25) is 0 Å². The topological polar surface area (TPSA) is 257 Å². The zero-order chi connectivity index (χ0) is 36.9. The van der Waals surface area contributed by atoms with Crippen molar-refractivity contribution in [2.45, 2.75) is 0 Å². The molecule has 0 bridgehead atoms. The number of fused-ring (bicyclic) bond motifs is 6. The first-order chi connectivity index (χ1) is 24.0. The minimum Gasteiger partial charge on any atom is -0.370 e. The van der Waals surface area contributed by atoms with Gasteiger partial charge in [0.05, 0.1) is 10.4 Å². The van der Waals surface area contributed by atoms with Crippen LogP contribution in [-0.4, -0.2) is 29.9 Å². The van der Waals surface area contributed by atoms with E-state index in [2.05, 4.69) is 44.4 Å². The molecule has 16 nitrogen and oxygen atoms in total. The van der Waals surface area contributed by atoms with E-state index in [9.17, 15) is 33.3 Å². The smallest absolute Gasteiger partial charge is 0.307 e. The third-order valence-corrected chi connectivity index (χ3v) is 6.15. The van der Waals surface area contributed by atoms with Crippen molar-refractivity contribution in [2.75, 3.05) is 0 Å². The van der Waals surface area contributed by atoms with Crippen LogP contribution in [0.1, 0.15) is 17.1 Å². The lowest BCUT2D eigenvalue weighted by molar-refractivity contribution is 0.434. The minimum atomic E-state index is -2.03. The molecule has 0 amide bonds. The number of benzene rings is 2. The van der Waals surface area contributed by atoms with Gasteiger partial charge in [-0.2, -0.15) is 36.8 Å². The Kier molecular flexibility index (Phi) is 9.06. The molecule has 0 unspecified atom stereocenters. The lowest BCUT2D eigenvalue weighted by atomic mass is 10.1. The third kappa shape index (κ3) is 5.25. The van der Waals surface area contributed by atoms with Crippen molar-refractivity contribution < 1.29 is 17.6 Å². The Morgan fingerprint density at radius 2 is 0.680 bits per heavy atom. The lowest BCUT2D eigenvalue weighted by Crippen LogP contribution is -2.31. The van der Waals surface area contributed by atoms with Gasteiger partial charge < -0.3 is 14.5 Å². The molecule has 0 fully saturated rings. The summed E-state index contributed by atoms with van der Waals surface area (Å²) >= 11 is 0. The Bertz CT molecular complexity index is 2490. The van der Waals surface area contributed by atoms with Crippen molar-refractivity contribution in [3.8, 4) is 42.5 Å². The molecular weight excluding hydrogens is 660 g/mol. The molecule has 0 saturated carbocycles. The van der Waals surface area contributed by atoms with Crippen molar-refractivity contribution in [3.05, 3.63) is 85.0 Å². The molecular formula is C30F4N16. The highest BCUT2D eigenvalue weighted by molar-refractivity contribution is 6.19. The number of rotatable bonds is 0. The highest BCUT2D eigenvalue weighted by atomic mass is 19.2. The summed E-state index contributed by atoms with van der Waals surface area (Å²) in [5, 5.41) is 58.9. The van der Waals surface area contributed by atoms with Gasteiger partial charge in [0.2, 0.25) is 11.0 Å². The second kappa shape index (κ2) is 13.4. The SMILES string of the molecule is N#CC(C#N)=c1c(F)c(F)c(=C(C#N)C#N)c(F)c1F.[C-]#[N+]c1nc2c(nc1C#N)c1nc(C#N)c(C#N)nc1c1nc([N+]#[C-])c([N+]#[C-])nc21. The largest absolute Gasteiger partial charge is 0.370 e. The summed E-state index contributed by atoms with van der Waals surface area (Å²) in [7, 11) is 0. The maximum absolute atomic E-state index is 13.6. The van der Waals surface area contributed by atoms with Crippen molar-refractivity contribution in [2.24, 2.45) is 0 Å². The van der Waals surface area contributed by atoms with Crippen molar-refractivity contribution in [1.29, 1.82) is 36.8 Å². The minimum absolute atomic E-state index is 0.000622. The number of hydrogen-bond donors (Lipinski definition) is 0. The van der Waals surface area contributed by atoms with Crippen LogP contribution in [0.5, 0.6) is 0 Å². The quantitative estimate of drug-likeness (QED) is 0.0999. The molecule has 0 saturated heterocycles. The van der Waals surface area contributed by atoms with Crippen molar-refractivity contribution >= 4 is 61.7 Å². The molecule has 3 heterocycles. The first-order valence-electron chi connectivity index (χ1n) is 12.3. The van der Waals surface area contributed by atoms with Gasteiger partial charge in [-0.1, -0.05) is 19.7 Å². The van der Waals surface area contributed by atoms with Crippen molar-refractivity contribution in [3.63, 3.8) is 0 Å². The molecule has 2 aromatic carbocycles. The van der Waals surface area contributed by atoms with E-state index in [0.717, 1.165) is 24.3 Å². The maximum atomic E-state index is 13.6. The monoisotopic (exact) mass is 660 g/mol. The second-order valence-electron chi connectivity index (χ2n) is 8.65. The average Bonchev–Trinajstić information content (AvgIpc) is 3.15. The first kappa shape index (κ1) is 33.7. The van der Waals surface area contributed by atoms with Gasteiger partial charge in [-0.15, -0.1) is 15.0 Å². The van der Waals surface area contributed by atoms with Crippen molar-refractivity contribution in [1.82, 2.24) is 29.9 Å². The van der Waals surface area contributed by atoms with Crippen LogP contribution < -0.4 is 10.4 Å². The number of aromatic nitrogens is 6. The van der Waals surface area contributed by atoms with E-state index in [4.69, 9.17) is 40.8 Å². The Hall–Kier alpha value is -9.18. The van der Waals surface area contributed by atoms with Gasteiger partial charge in [0.25, 0.3) is 17.2 Å². The highest BCUT2D eigenvalue weighted by Crippen LogP contribution is 2.35. The van der Waals surface area contributed by atoms with Crippen LogP contribution in [0.3, 0.4) is 0 Å². The molecule has 5 rings (SSSR count). The van der Waals surface area contributed by atoms with Gasteiger partial charge >= 0.3 is 5.82 Å². The predicted molar refractivity (Wildman–Crippen MR) is 153 cm³/mol. The average molecular weight is 660 g/mol. The molecule has 20 heteroatoms. The Morgan fingerprint density at radius 3 is 0.940 bits per heavy atom. The Morgan fingerprint density at radius 1 is 0.420 bits per heavy atom. The van der Waals surface area contributed by atoms with E-state index in [0.29, 0.717) is 0 Å². The normalized spacial score (nSPS) is 9.40. The van der Waals surface area contributed by atoms with Gasteiger partial charge in [0.1, 0.15) is 70.2 Å².